The lowest BCUT2D eigenvalue weighted by molar-refractivity contribution is -0.122. The molecule has 3 nitrogen and oxygen atoms in total. The molecule has 0 radical (unpaired) electrons. The number of carbonyl (C=O) groups is 1. The van der Waals surface area contributed by atoms with E-state index in [1.165, 1.54) is 12.1 Å². The second-order valence-corrected chi connectivity index (χ2v) is 3.72. The fourth-order valence-electron chi connectivity index (χ4n) is 1.42. The van der Waals surface area contributed by atoms with Crippen LogP contribution in [-0.2, 0) is 11.2 Å². The minimum absolute atomic E-state index is 0.297. The molecule has 0 fully saturated rings. The van der Waals surface area contributed by atoms with Crippen LogP contribution in [0.1, 0.15) is 5.56 Å². The van der Waals surface area contributed by atoms with Crippen LogP contribution in [0.2, 0.25) is 0 Å². The van der Waals surface area contributed by atoms with E-state index in [-0.39, 0.29) is 5.82 Å². The molecule has 4 heteroatoms. The van der Waals surface area contributed by atoms with E-state index in [0.717, 1.165) is 5.56 Å². The summed E-state index contributed by atoms with van der Waals surface area (Å²) in [4.78, 5) is 12.8. The Bertz CT molecular complexity index is 352. The van der Waals surface area contributed by atoms with Crippen LogP contribution in [0.25, 0.3) is 0 Å². The Balaban J connectivity index is 2.79. The molecule has 0 aliphatic heterocycles. The van der Waals surface area contributed by atoms with Crippen LogP contribution in [0.15, 0.2) is 24.3 Å². The van der Waals surface area contributed by atoms with Crippen molar-refractivity contribution in [2.24, 2.45) is 5.73 Å². The fourth-order valence-corrected chi connectivity index (χ4v) is 1.42. The Morgan fingerprint density at radius 2 is 2.20 bits per heavy atom. The minimum atomic E-state index is -0.399. The second-order valence-electron chi connectivity index (χ2n) is 3.72. The fraction of sp³-hybridized carbons (Fsp3) is 0.364. The monoisotopic (exact) mass is 210 g/mol. The van der Waals surface area contributed by atoms with Crippen molar-refractivity contribution in [2.75, 3.05) is 14.1 Å². The average Bonchev–Trinajstić information content (AvgIpc) is 2.13. The lowest BCUT2D eigenvalue weighted by Gasteiger charge is -2.20. The van der Waals surface area contributed by atoms with Gasteiger partial charge in [-0.2, -0.15) is 0 Å². The van der Waals surface area contributed by atoms with E-state index in [0.29, 0.717) is 6.42 Å². The summed E-state index contributed by atoms with van der Waals surface area (Å²) in [7, 11) is 3.55. The number of nitrogens with two attached hydrogens (primary N) is 1. The zero-order valence-electron chi connectivity index (χ0n) is 8.90. The lowest BCUT2D eigenvalue weighted by atomic mass is 10.0. The largest absolute Gasteiger partial charge is 0.368 e. The number of hydrogen-bond acceptors (Lipinski definition) is 2. The van der Waals surface area contributed by atoms with Crippen LogP contribution in [0, 0.1) is 5.82 Å². The highest BCUT2D eigenvalue weighted by molar-refractivity contribution is 5.80. The van der Waals surface area contributed by atoms with Crippen molar-refractivity contribution < 1.29 is 9.18 Å². The van der Waals surface area contributed by atoms with Crippen molar-refractivity contribution in [3.8, 4) is 0 Å². The summed E-state index contributed by atoms with van der Waals surface area (Å²) in [6.45, 7) is 0. The highest BCUT2D eigenvalue weighted by atomic mass is 19.1. The predicted octanol–water partition coefficient (Wildman–Crippen LogP) is 0.784. The molecule has 82 valence electrons. The summed E-state index contributed by atoms with van der Waals surface area (Å²) >= 11 is 0. The number of benzene rings is 1. The number of rotatable bonds is 4. The van der Waals surface area contributed by atoms with Gasteiger partial charge in [-0.25, -0.2) is 4.39 Å². The highest BCUT2D eigenvalue weighted by Gasteiger charge is 2.18. The van der Waals surface area contributed by atoms with Gasteiger partial charge >= 0.3 is 0 Å². The van der Waals surface area contributed by atoms with Crippen molar-refractivity contribution in [1.29, 1.82) is 0 Å². The Kier molecular flexibility index (Phi) is 3.80. The SMILES string of the molecule is CN(C)[C@@H](Cc1cccc(F)c1)C(N)=O. The molecule has 0 saturated heterocycles. The zero-order chi connectivity index (χ0) is 11.4. The molecular formula is C11H15FN2O. The first kappa shape index (κ1) is 11.7. The molecule has 0 aromatic heterocycles. The van der Waals surface area contributed by atoms with Crippen LogP contribution < -0.4 is 5.73 Å². The van der Waals surface area contributed by atoms with Crippen molar-refractivity contribution in [3.05, 3.63) is 35.6 Å². The van der Waals surface area contributed by atoms with Gasteiger partial charge < -0.3 is 5.73 Å². The van der Waals surface area contributed by atoms with Gasteiger partial charge in [0, 0.05) is 0 Å². The van der Waals surface area contributed by atoms with Gasteiger partial charge in [-0.15, -0.1) is 0 Å². The predicted molar refractivity (Wildman–Crippen MR) is 56.8 cm³/mol. The maximum atomic E-state index is 12.9. The van der Waals surface area contributed by atoms with Gasteiger partial charge in [0.15, 0.2) is 0 Å². The molecule has 15 heavy (non-hydrogen) atoms. The highest BCUT2D eigenvalue weighted by Crippen LogP contribution is 2.08. The van der Waals surface area contributed by atoms with E-state index in [1.807, 2.05) is 0 Å². The minimum Gasteiger partial charge on any atom is -0.368 e. The molecule has 1 rings (SSSR count). The molecule has 0 unspecified atom stereocenters. The summed E-state index contributed by atoms with van der Waals surface area (Å²) in [5, 5.41) is 0. The zero-order valence-corrected chi connectivity index (χ0v) is 8.90. The van der Waals surface area contributed by atoms with Crippen LogP contribution >= 0.6 is 0 Å². The van der Waals surface area contributed by atoms with Crippen LogP contribution in [0.4, 0.5) is 4.39 Å². The second kappa shape index (κ2) is 4.89. The number of hydrogen-bond donors (Lipinski definition) is 1. The number of primary amides is 1. The number of likely N-dealkylation sites (N-methyl/N-ethyl adjacent to an activating group) is 1. The Labute approximate surface area is 88.7 Å². The van der Waals surface area contributed by atoms with Gasteiger partial charge in [0.05, 0.1) is 6.04 Å². The molecule has 1 aromatic rings. The lowest BCUT2D eigenvalue weighted by Crippen LogP contribution is -2.41. The van der Waals surface area contributed by atoms with E-state index in [4.69, 9.17) is 5.73 Å². The Hall–Kier alpha value is -1.42. The van der Waals surface area contributed by atoms with Crippen molar-refractivity contribution in [1.82, 2.24) is 4.90 Å². The van der Waals surface area contributed by atoms with Crippen molar-refractivity contribution >= 4 is 5.91 Å². The van der Waals surface area contributed by atoms with Gasteiger partial charge in [-0.05, 0) is 38.2 Å². The number of carbonyl (C=O) groups excluding carboxylic acids is 1. The standard InChI is InChI=1S/C11H15FN2O/c1-14(2)10(11(13)15)7-8-4-3-5-9(12)6-8/h3-6,10H,7H2,1-2H3,(H2,13,15)/t10-/m0/s1. The summed E-state index contributed by atoms with van der Waals surface area (Å²) in [5.41, 5.74) is 6.02. The molecular weight excluding hydrogens is 195 g/mol. The average molecular weight is 210 g/mol. The topological polar surface area (TPSA) is 46.3 Å². The third-order valence-electron chi connectivity index (χ3n) is 2.27. The third-order valence-corrected chi connectivity index (χ3v) is 2.27. The van der Waals surface area contributed by atoms with Crippen LogP contribution in [0.3, 0.4) is 0 Å². The molecule has 2 N–H and O–H groups in total. The Morgan fingerprint density at radius 1 is 1.53 bits per heavy atom. The first-order valence-electron chi connectivity index (χ1n) is 4.71. The maximum absolute atomic E-state index is 12.9. The number of nitrogens with zero attached hydrogens (tertiary/aromatic N) is 1. The summed E-state index contributed by atoms with van der Waals surface area (Å²) in [5.74, 6) is -0.696. The van der Waals surface area contributed by atoms with E-state index >= 15 is 0 Å². The Morgan fingerprint density at radius 3 is 2.67 bits per heavy atom. The molecule has 0 heterocycles. The summed E-state index contributed by atoms with van der Waals surface area (Å²) in [6, 6.07) is 5.80. The van der Waals surface area contributed by atoms with E-state index in [2.05, 4.69) is 0 Å². The molecule has 1 atom stereocenters. The van der Waals surface area contributed by atoms with Gasteiger partial charge in [0.25, 0.3) is 0 Å². The quantitative estimate of drug-likeness (QED) is 0.798. The van der Waals surface area contributed by atoms with Gasteiger partial charge in [-0.3, -0.25) is 9.69 Å². The smallest absolute Gasteiger partial charge is 0.235 e. The molecule has 1 aromatic carbocycles. The first-order chi connectivity index (χ1) is 7.00. The molecule has 0 aliphatic carbocycles. The van der Waals surface area contributed by atoms with Gasteiger partial charge in [0.1, 0.15) is 5.82 Å². The summed E-state index contributed by atoms with van der Waals surface area (Å²) in [6.07, 6.45) is 0.431. The van der Waals surface area contributed by atoms with Crippen molar-refractivity contribution in [3.63, 3.8) is 0 Å². The van der Waals surface area contributed by atoms with E-state index in [1.54, 1.807) is 31.1 Å². The molecule has 0 saturated carbocycles. The third kappa shape index (κ3) is 3.32. The maximum Gasteiger partial charge on any atom is 0.235 e. The van der Waals surface area contributed by atoms with Gasteiger partial charge in [-0.1, -0.05) is 12.1 Å². The van der Waals surface area contributed by atoms with E-state index in [9.17, 15) is 9.18 Å². The molecule has 0 aliphatic rings. The van der Waals surface area contributed by atoms with Crippen molar-refractivity contribution in [2.45, 2.75) is 12.5 Å². The molecule has 0 spiro atoms. The van der Waals surface area contributed by atoms with Crippen LogP contribution in [-0.4, -0.2) is 30.9 Å². The van der Waals surface area contributed by atoms with Gasteiger partial charge in [0.2, 0.25) is 5.91 Å². The normalized spacial score (nSPS) is 12.8. The van der Waals surface area contributed by atoms with Crippen LogP contribution in [0.5, 0.6) is 0 Å². The number of halogens is 1. The van der Waals surface area contributed by atoms with E-state index < -0.39 is 11.9 Å². The summed E-state index contributed by atoms with van der Waals surface area (Å²) < 4.78 is 12.9. The number of amides is 1. The molecule has 1 amide bonds. The molecule has 0 bridgehead atoms. The first-order valence-corrected chi connectivity index (χ1v) is 4.71.